The minimum absolute atomic E-state index is 0.120. The quantitative estimate of drug-likeness (QED) is 0.727. The van der Waals surface area contributed by atoms with Crippen LogP contribution in [-0.4, -0.2) is 23.0 Å². The average Bonchev–Trinajstić information content (AvgIpc) is 3.06. The van der Waals surface area contributed by atoms with Gasteiger partial charge in [0.2, 0.25) is 9.99 Å². The van der Waals surface area contributed by atoms with Gasteiger partial charge < -0.3 is 0 Å². The molecule has 3 aromatic rings. The van der Waals surface area contributed by atoms with Crippen LogP contribution >= 0.6 is 11.3 Å². The molecule has 0 saturated carbocycles. The maximum absolute atomic E-state index is 13.8. The molecular weight excluding hydrogens is 370 g/mol. The fraction of sp³-hybridized carbons (Fsp3) is 0.333. The molecule has 3 rings (SSSR count). The van der Waals surface area contributed by atoms with Crippen LogP contribution in [0.5, 0.6) is 0 Å². The van der Waals surface area contributed by atoms with E-state index in [1.165, 1.54) is 15.9 Å². The monoisotopic (exact) mass is 386 g/mol. The molecule has 0 bridgehead atoms. The van der Waals surface area contributed by atoms with Crippen LogP contribution in [0.1, 0.15) is 37.4 Å². The average molecular weight is 386 g/mol. The highest BCUT2D eigenvalue weighted by molar-refractivity contribution is 7.92. The summed E-state index contributed by atoms with van der Waals surface area (Å²) in [7, 11) is -4.15. The van der Waals surface area contributed by atoms with E-state index in [9.17, 15) is 17.2 Å². The van der Waals surface area contributed by atoms with Crippen LogP contribution in [0, 0.1) is 11.6 Å². The first-order chi connectivity index (χ1) is 11.7. The molecule has 0 fully saturated rings. The van der Waals surface area contributed by atoms with Gasteiger partial charge in [0.25, 0.3) is 10.0 Å². The fourth-order valence-electron chi connectivity index (χ4n) is 2.28. The molecule has 25 heavy (non-hydrogen) atoms. The molecule has 0 aliphatic heterocycles. The van der Waals surface area contributed by atoms with Crippen molar-refractivity contribution >= 4 is 32.0 Å². The molecule has 1 aromatic carbocycles. The van der Waals surface area contributed by atoms with Gasteiger partial charge in [-0.25, -0.2) is 13.8 Å². The van der Waals surface area contributed by atoms with Gasteiger partial charge in [-0.2, -0.15) is 18.0 Å². The van der Waals surface area contributed by atoms with Crippen molar-refractivity contribution < 1.29 is 17.2 Å². The van der Waals surface area contributed by atoms with E-state index >= 15 is 0 Å². The number of hydrogen-bond donors (Lipinski definition) is 1. The van der Waals surface area contributed by atoms with E-state index in [0.29, 0.717) is 23.1 Å². The molecule has 2 heterocycles. The molecule has 10 heteroatoms. The first-order valence-electron chi connectivity index (χ1n) is 7.59. The van der Waals surface area contributed by atoms with Crippen molar-refractivity contribution in [2.45, 2.75) is 38.1 Å². The third-order valence-electron chi connectivity index (χ3n) is 3.50. The lowest BCUT2D eigenvalue weighted by molar-refractivity contribution is 0.580. The van der Waals surface area contributed by atoms with E-state index in [2.05, 4.69) is 14.8 Å². The molecule has 0 radical (unpaired) electrons. The Hall–Kier alpha value is -2.07. The molecule has 0 unspecified atom stereocenters. The Morgan fingerprint density at radius 3 is 2.64 bits per heavy atom. The zero-order valence-corrected chi connectivity index (χ0v) is 15.4. The Kier molecular flexibility index (Phi) is 4.50. The number of benzene rings is 1. The number of hydrogen-bond acceptors (Lipinski definition) is 5. The van der Waals surface area contributed by atoms with Gasteiger partial charge in [0, 0.05) is 12.0 Å². The Bertz CT molecular complexity index is 1040. The van der Waals surface area contributed by atoms with Gasteiger partial charge in [-0.05, 0) is 18.6 Å². The van der Waals surface area contributed by atoms with Gasteiger partial charge in [0.1, 0.15) is 16.6 Å². The number of nitrogens with zero attached hydrogens (tertiary/aromatic N) is 3. The molecule has 2 aromatic heterocycles. The van der Waals surface area contributed by atoms with E-state index in [1.54, 1.807) is 6.92 Å². The Morgan fingerprint density at radius 1 is 1.32 bits per heavy atom. The second-order valence-corrected chi connectivity index (χ2v) is 8.32. The van der Waals surface area contributed by atoms with Crippen molar-refractivity contribution in [1.29, 1.82) is 0 Å². The summed E-state index contributed by atoms with van der Waals surface area (Å²) in [6.45, 7) is 5.66. The highest BCUT2D eigenvalue weighted by Crippen LogP contribution is 2.28. The van der Waals surface area contributed by atoms with E-state index in [-0.39, 0.29) is 16.6 Å². The summed E-state index contributed by atoms with van der Waals surface area (Å²) < 4.78 is 55.9. The molecular formula is C15H16F2N4O2S2. The highest BCUT2D eigenvalue weighted by Gasteiger charge is 2.28. The Balaban J connectivity index is 2.12. The number of rotatable bonds is 5. The van der Waals surface area contributed by atoms with Crippen molar-refractivity contribution in [2.24, 2.45) is 0 Å². The number of aromatic nitrogens is 3. The first-order valence-corrected chi connectivity index (χ1v) is 9.89. The summed E-state index contributed by atoms with van der Waals surface area (Å²) >= 11 is 1.31. The van der Waals surface area contributed by atoms with Crippen LogP contribution in [0.2, 0.25) is 0 Å². The Labute approximate surface area is 147 Å². The second kappa shape index (κ2) is 6.34. The van der Waals surface area contributed by atoms with E-state index in [0.717, 1.165) is 17.1 Å². The van der Waals surface area contributed by atoms with Gasteiger partial charge in [-0.3, -0.25) is 4.72 Å². The topological polar surface area (TPSA) is 76.4 Å². The maximum atomic E-state index is 13.8. The zero-order chi connectivity index (χ0) is 18.4. The fourth-order valence-corrected chi connectivity index (χ4v) is 4.67. The van der Waals surface area contributed by atoms with Crippen LogP contribution in [0.25, 0.3) is 4.96 Å². The number of sulfonamides is 1. The van der Waals surface area contributed by atoms with E-state index < -0.39 is 21.7 Å². The molecule has 1 N–H and O–H groups in total. The van der Waals surface area contributed by atoms with Crippen molar-refractivity contribution in [2.75, 3.05) is 4.72 Å². The lowest BCUT2D eigenvalue weighted by Gasteiger charge is -2.09. The van der Waals surface area contributed by atoms with Crippen LogP contribution in [-0.2, 0) is 16.4 Å². The molecule has 0 spiro atoms. The first kappa shape index (κ1) is 17.7. The summed E-state index contributed by atoms with van der Waals surface area (Å²) in [6.07, 6.45) is 0.370. The second-order valence-electron chi connectivity index (χ2n) is 5.74. The lowest BCUT2D eigenvalue weighted by Crippen LogP contribution is -2.18. The van der Waals surface area contributed by atoms with Crippen molar-refractivity contribution in [3.8, 4) is 0 Å². The summed E-state index contributed by atoms with van der Waals surface area (Å²) in [5, 5.41) is 4.94. The highest BCUT2D eigenvalue weighted by atomic mass is 32.2. The van der Waals surface area contributed by atoms with Crippen LogP contribution in [0.15, 0.2) is 23.2 Å². The largest absolute Gasteiger partial charge is 0.281 e. The SMILES string of the molecule is CCc1nc2sc(C(C)C)nn2c1S(=O)(=O)Nc1ccc(F)cc1F. The standard InChI is InChI=1S/C15H16F2N4O2S2/c1-4-11-14(21-15(18-11)24-13(19-21)8(2)3)25(22,23)20-12-6-5-9(16)7-10(12)17/h5-8,20H,4H2,1-3H3. The minimum Gasteiger partial charge on any atom is -0.275 e. The predicted octanol–water partition coefficient (Wildman–Crippen LogP) is 3.56. The zero-order valence-electron chi connectivity index (χ0n) is 13.7. The van der Waals surface area contributed by atoms with Gasteiger partial charge in [0.15, 0.2) is 0 Å². The molecule has 0 atom stereocenters. The number of nitrogens with one attached hydrogen (secondary N) is 1. The van der Waals surface area contributed by atoms with E-state index in [1.807, 2.05) is 13.8 Å². The number of halogens is 2. The summed E-state index contributed by atoms with van der Waals surface area (Å²) in [5.41, 5.74) is 0.00166. The summed E-state index contributed by atoms with van der Waals surface area (Å²) in [5.74, 6) is -1.67. The van der Waals surface area contributed by atoms with E-state index in [4.69, 9.17) is 0 Å². The Morgan fingerprint density at radius 2 is 2.04 bits per heavy atom. The van der Waals surface area contributed by atoms with Crippen molar-refractivity contribution in [3.63, 3.8) is 0 Å². The van der Waals surface area contributed by atoms with Crippen LogP contribution in [0.4, 0.5) is 14.5 Å². The third kappa shape index (κ3) is 3.23. The van der Waals surface area contributed by atoms with Gasteiger partial charge >= 0.3 is 0 Å². The van der Waals surface area contributed by atoms with Crippen molar-refractivity contribution in [3.05, 3.63) is 40.5 Å². The number of imidazole rings is 1. The maximum Gasteiger partial charge on any atom is 0.281 e. The third-order valence-corrected chi connectivity index (χ3v) is 6.12. The van der Waals surface area contributed by atoms with Crippen molar-refractivity contribution in [1.82, 2.24) is 14.6 Å². The molecule has 134 valence electrons. The lowest BCUT2D eigenvalue weighted by atomic mass is 10.2. The number of aryl methyl sites for hydroxylation is 1. The molecule has 6 nitrogen and oxygen atoms in total. The molecule has 0 amide bonds. The smallest absolute Gasteiger partial charge is 0.275 e. The van der Waals surface area contributed by atoms with Crippen LogP contribution < -0.4 is 4.72 Å². The summed E-state index contributed by atoms with van der Waals surface area (Å²) in [4.78, 5) is 4.78. The van der Waals surface area contributed by atoms with Gasteiger partial charge in [-0.1, -0.05) is 32.1 Å². The van der Waals surface area contributed by atoms with Gasteiger partial charge in [-0.15, -0.1) is 0 Å². The summed E-state index contributed by atoms with van der Waals surface area (Å²) in [6, 6.07) is 2.63. The molecule has 0 aliphatic carbocycles. The number of fused-ring (bicyclic) bond motifs is 1. The predicted molar refractivity (Wildman–Crippen MR) is 91.5 cm³/mol. The minimum atomic E-state index is -4.15. The van der Waals surface area contributed by atoms with Crippen LogP contribution in [0.3, 0.4) is 0 Å². The number of anilines is 1. The van der Waals surface area contributed by atoms with Gasteiger partial charge in [0.05, 0.1) is 11.4 Å². The molecule has 0 saturated heterocycles. The molecule has 0 aliphatic rings. The normalized spacial score (nSPS) is 12.2.